The summed E-state index contributed by atoms with van der Waals surface area (Å²) >= 11 is 0. The van der Waals surface area contributed by atoms with Crippen molar-refractivity contribution < 1.29 is 4.74 Å². The number of hydrogen-bond donors (Lipinski definition) is 0. The molecule has 0 spiro atoms. The van der Waals surface area contributed by atoms with E-state index < -0.39 is 0 Å². The number of nitrogens with zero attached hydrogens (tertiary/aromatic N) is 2. The highest BCUT2D eigenvalue weighted by Gasteiger charge is 2.39. The lowest BCUT2D eigenvalue weighted by Gasteiger charge is -2.51. The van der Waals surface area contributed by atoms with Gasteiger partial charge in [-0.1, -0.05) is 60.7 Å². The van der Waals surface area contributed by atoms with Gasteiger partial charge >= 0.3 is 0 Å². The predicted octanol–water partition coefficient (Wildman–Crippen LogP) is 3.57. The lowest BCUT2D eigenvalue weighted by molar-refractivity contribution is -0.105. The van der Waals surface area contributed by atoms with Crippen LogP contribution in [0.1, 0.15) is 31.0 Å². The minimum atomic E-state index is 0.344. The number of likely N-dealkylation sites (tertiary alicyclic amines) is 1. The van der Waals surface area contributed by atoms with Crippen LogP contribution in [0.15, 0.2) is 60.7 Å². The maximum atomic E-state index is 5.89. The van der Waals surface area contributed by atoms with Gasteiger partial charge in [-0.2, -0.15) is 0 Å². The van der Waals surface area contributed by atoms with Crippen molar-refractivity contribution in [3.8, 4) is 0 Å². The van der Waals surface area contributed by atoms with Gasteiger partial charge in [0, 0.05) is 32.2 Å². The first-order chi connectivity index (χ1) is 12.2. The average Bonchev–Trinajstić information content (AvgIpc) is 2.58. The van der Waals surface area contributed by atoms with E-state index in [-0.39, 0.29) is 0 Å². The van der Waals surface area contributed by atoms with E-state index in [9.17, 15) is 0 Å². The number of ether oxygens (including phenoxy) is 1. The zero-order valence-corrected chi connectivity index (χ0v) is 15.2. The van der Waals surface area contributed by atoms with Crippen molar-refractivity contribution in [1.29, 1.82) is 0 Å². The molecule has 2 atom stereocenters. The fraction of sp³-hybridized carbons (Fsp3) is 0.455. The molecule has 3 nitrogen and oxygen atoms in total. The van der Waals surface area contributed by atoms with Crippen LogP contribution in [0.5, 0.6) is 0 Å². The van der Waals surface area contributed by atoms with E-state index in [1.165, 1.54) is 11.1 Å². The SMILES string of the molecule is C[C@@H]1CN(C2CN(C(c3ccccc3)c3ccccc3)C2)C[C@H](C)O1. The lowest BCUT2D eigenvalue weighted by Crippen LogP contribution is -2.63. The van der Waals surface area contributed by atoms with Crippen LogP contribution in [0, 0.1) is 0 Å². The normalized spacial score (nSPS) is 25.9. The molecule has 2 heterocycles. The quantitative estimate of drug-likeness (QED) is 0.849. The molecule has 3 heteroatoms. The molecule has 2 aliphatic heterocycles. The van der Waals surface area contributed by atoms with E-state index >= 15 is 0 Å². The summed E-state index contributed by atoms with van der Waals surface area (Å²) in [7, 11) is 0. The molecule has 132 valence electrons. The van der Waals surface area contributed by atoms with Gasteiger partial charge in [0.05, 0.1) is 18.2 Å². The molecule has 2 aromatic carbocycles. The number of hydrogen-bond acceptors (Lipinski definition) is 3. The Bertz CT molecular complexity index is 619. The monoisotopic (exact) mass is 336 g/mol. The second-order valence-electron chi connectivity index (χ2n) is 7.54. The summed E-state index contributed by atoms with van der Waals surface area (Å²) in [5.41, 5.74) is 2.77. The van der Waals surface area contributed by atoms with Crippen molar-refractivity contribution in [2.24, 2.45) is 0 Å². The van der Waals surface area contributed by atoms with Gasteiger partial charge in [0.25, 0.3) is 0 Å². The van der Waals surface area contributed by atoms with Gasteiger partial charge in [-0.15, -0.1) is 0 Å². The van der Waals surface area contributed by atoms with Crippen LogP contribution < -0.4 is 0 Å². The van der Waals surface area contributed by atoms with E-state index in [1.54, 1.807) is 0 Å². The number of morpholine rings is 1. The molecule has 0 N–H and O–H groups in total. The predicted molar refractivity (Wildman–Crippen MR) is 102 cm³/mol. The first kappa shape index (κ1) is 16.8. The number of rotatable bonds is 4. The summed E-state index contributed by atoms with van der Waals surface area (Å²) in [6, 6.07) is 22.8. The first-order valence-corrected chi connectivity index (χ1v) is 9.44. The van der Waals surface area contributed by atoms with Crippen LogP contribution in [0.2, 0.25) is 0 Å². The lowest BCUT2D eigenvalue weighted by atomic mass is 9.92. The molecule has 0 radical (unpaired) electrons. The van der Waals surface area contributed by atoms with Crippen molar-refractivity contribution in [2.45, 2.75) is 38.1 Å². The first-order valence-electron chi connectivity index (χ1n) is 9.44. The van der Waals surface area contributed by atoms with Crippen LogP contribution in [0.25, 0.3) is 0 Å². The third-order valence-corrected chi connectivity index (χ3v) is 5.45. The van der Waals surface area contributed by atoms with Gasteiger partial charge in [0.15, 0.2) is 0 Å². The van der Waals surface area contributed by atoms with Crippen molar-refractivity contribution in [3.05, 3.63) is 71.8 Å². The summed E-state index contributed by atoms with van der Waals surface area (Å²) in [6.07, 6.45) is 0.689. The Hall–Kier alpha value is -1.68. The van der Waals surface area contributed by atoms with E-state index in [2.05, 4.69) is 84.3 Å². The summed E-state index contributed by atoms with van der Waals surface area (Å²) < 4.78 is 5.89. The van der Waals surface area contributed by atoms with Crippen molar-refractivity contribution in [2.75, 3.05) is 26.2 Å². The topological polar surface area (TPSA) is 15.7 Å². The Balaban J connectivity index is 1.49. The van der Waals surface area contributed by atoms with E-state index in [0.29, 0.717) is 24.3 Å². The van der Waals surface area contributed by atoms with Gasteiger partial charge in [0.2, 0.25) is 0 Å². The Morgan fingerprint density at radius 1 is 0.760 bits per heavy atom. The molecule has 0 aromatic heterocycles. The second-order valence-corrected chi connectivity index (χ2v) is 7.54. The molecular formula is C22H28N2O. The highest BCUT2D eigenvalue weighted by atomic mass is 16.5. The smallest absolute Gasteiger partial charge is 0.0678 e. The molecule has 0 amide bonds. The largest absolute Gasteiger partial charge is 0.373 e. The fourth-order valence-electron chi connectivity index (χ4n) is 4.33. The zero-order valence-electron chi connectivity index (χ0n) is 15.2. The van der Waals surface area contributed by atoms with Crippen LogP contribution in [-0.4, -0.2) is 54.2 Å². The zero-order chi connectivity index (χ0) is 17.2. The molecule has 0 unspecified atom stereocenters. The third-order valence-electron chi connectivity index (χ3n) is 5.45. The van der Waals surface area contributed by atoms with E-state index in [4.69, 9.17) is 4.74 Å². The van der Waals surface area contributed by atoms with Crippen molar-refractivity contribution in [3.63, 3.8) is 0 Å². The minimum absolute atomic E-state index is 0.344. The van der Waals surface area contributed by atoms with E-state index in [0.717, 1.165) is 26.2 Å². The molecule has 2 saturated heterocycles. The highest BCUT2D eigenvalue weighted by molar-refractivity contribution is 5.32. The van der Waals surface area contributed by atoms with Gasteiger partial charge in [-0.05, 0) is 25.0 Å². The van der Waals surface area contributed by atoms with Gasteiger partial charge in [-0.3, -0.25) is 9.80 Å². The second kappa shape index (κ2) is 7.28. The molecular weight excluding hydrogens is 308 g/mol. The number of benzene rings is 2. The van der Waals surface area contributed by atoms with Crippen molar-refractivity contribution in [1.82, 2.24) is 9.80 Å². The van der Waals surface area contributed by atoms with Crippen molar-refractivity contribution >= 4 is 0 Å². The maximum absolute atomic E-state index is 5.89. The third kappa shape index (κ3) is 3.64. The summed E-state index contributed by atoms with van der Waals surface area (Å²) in [5.74, 6) is 0. The minimum Gasteiger partial charge on any atom is -0.373 e. The molecule has 25 heavy (non-hydrogen) atoms. The Kier molecular flexibility index (Phi) is 4.89. The van der Waals surface area contributed by atoms with Crippen LogP contribution >= 0.6 is 0 Å². The molecule has 2 aliphatic rings. The maximum Gasteiger partial charge on any atom is 0.0678 e. The van der Waals surface area contributed by atoms with Crippen LogP contribution in [0.4, 0.5) is 0 Å². The van der Waals surface area contributed by atoms with Crippen LogP contribution in [-0.2, 0) is 4.74 Å². The fourth-order valence-corrected chi connectivity index (χ4v) is 4.33. The molecule has 0 saturated carbocycles. The van der Waals surface area contributed by atoms with Crippen LogP contribution in [0.3, 0.4) is 0 Å². The summed E-state index contributed by atoms with van der Waals surface area (Å²) in [5, 5.41) is 0. The molecule has 2 fully saturated rings. The summed E-state index contributed by atoms with van der Waals surface area (Å²) in [6.45, 7) is 8.77. The highest BCUT2D eigenvalue weighted by Crippen LogP contribution is 2.34. The Labute approximate surface area is 151 Å². The molecule has 0 aliphatic carbocycles. The van der Waals surface area contributed by atoms with Gasteiger partial charge in [0.1, 0.15) is 0 Å². The van der Waals surface area contributed by atoms with E-state index in [1.807, 2.05) is 0 Å². The average molecular weight is 336 g/mol. The van der Waals surface area contributed by atoms with Gasteiger partial charge < -0.3 is 4.74 Å². The molecule has 4 rings (SSSR count). The Morgan fingerprint density at radius 2 is 1.24 bits per heavy atom. The molecule has 0 bridgehead atoms. The van der Waals surface area contributed by atoms with Gasteiger partial charge in [-0.25, -0.2) is 0 Å². The summed E-state index contributed by atoms with van der Waals surface area (Å²) in [4.78, 5) is 5.24. The molecule has 2 aromatic rings. The Morgan fingerprint density at radius 3 is 1.72 bits per heavy atom. The standard InChI is InChI=1S/C22H28N2O/c1-17-13-23(14-18(2)25-17)21-15-24(16-21)22(19-9-5-3-6-10-19)20-11-7-4-8-12-20/h3-12,17-18,21-22H,13-16H2,1-2H3/t17-,18+.